The Hall–Kier alpha value is -8.31. The average molecular weight is 1050 g/mol. The summed E-state index contributed by atoms with van der Waals surface area (Å²) in [5.41, 5.74) is 26.1. The minimum Gasteiger partial charge on any atom is -0.480 e. The van der Waals surface area contributed by atoms with E-state index in [4.69, 9.17) is 22.9 Å². The normalized spacial score (nSPS) is 14.0. The van der Waals surface area contributed by atoms with Gasteiger partial charge in [-0.2, -0.15) is 0 Å². The Kier molecular flexibility index (Phi) is 22.3. The van der Waals surface area contributed by atoms with Crippen LogP contribution in [-0.4, -0.2) is 130 Å². The molecule has 23 heteroatoms. The number of hydrogen-bond acceptors (Lipinski definition) is 11. The number of guanidine groups is 1. The van der Waals surface area contributed by atoms with E-state index in [2.05, 4.69) is 52.2 Å². The number of aromatic amines is 2. The third-order valence-electron chi connectivity index (χ3n) is 12.6. The number of carboxylic acids is 1. The summed E-state index contributed by atoms with van der Waals surface area (Å²) in [6, 6.07) is 15.0. The molecule has 5 aromatic rings. The molecule has 0 aliphatic carbocycles. The van der Waals surface area contributed by atoms with Gasteiger partial charge in [0.2, 0.25) is 41.4 Å². The van der Waals surface area contributed by atoms with Gasteiger partial charge in [-0.25, -0.2) is 0 Å². The van der Waals surface area contributed by atoms with E-state index in [0.717, 1.165) is 21.8 Å². The monoisotopic (exact) mass is 1050 g/mol. The lowest BCUT2D eigenvalue weighted by molar-refractivity contribution is -0.138. The van der Waals surface area contributed by atoms with Gasteiger partial charge < -0.3 is 75.2 Å². The molecule has 0 radical (unpaired) electrons. The molecule has 408 valence electrons. The number of para-hydroxylation sites is 2. The fourth-order valence-electron chi connectivity index (χ4n) is 8.51. The van der Waals surface area contributed by atoms with E-state index in [1.54, 1.807) is 56.6 Å². The van der Waals surface area contributed by atoms with Gasteiger partial charge in [-0.1, -0.05) is 80.6 Å². The number of aromatic nitrogens is 2. The summed E-state index contributed by atoms with van der Waals surface area (Å²) >= 11 is 0. The van der Waals surface area contributed by atoms with Crippen molar-refractivity contribution < 1.29 is 43.5 Å². The van der Waals surface area contributed by atoms with Gasteiger partial charge in [0, 0.05) is 60.0 Å². The van der Waals surface area contributed by atoms with Crippen LogP contribution in [0.4, 0.5) is 0 Å². The van der Waals surface area contributed by atoms with Gasteiger partial charge in [0.25, 0.3) is 0 Å². The minimum atomic E-state index is -1.35. The lowest BCUT2D eigenvalue weighted by Crippen LogP contribution is -2.61. The van der Waals surface area contributed by atoms with Gasteiger partial charge in [0.15, 0.2) is 5.96 Å². The first-order chi connectivity index (χ1) is 36.3. The molecule has 0 bridgehead atoms. The van der Waals surface area contributed by atoms with E-state index in [1.807, 2.05) is 48.5 Å². The maximum atomic E-state index is 14.6. The van der Waals surface area contributed by atoms with Crippen LogP contribution in [0.5, 0.6) is 0 Å². The van der Waals surface area contributed by atoms with Gasteiger partial charge in [-0.15, -0.1) is 0 Å². The maximum absolute atomic E-state index is 14.6. The molecular weight excluding hydrogens is 977 g/mol. The zero-order chi connectivity index (χ0) is 55.3. The third-order valence-corrected chi connectivity index (χ3v) is 12.6. The van der Waals surface area contributed by atoms with E-state index >= 15 is 0 Å². The van der Waals surface area contributed by atoms with Crippen LogP contribution in [0.25, 0.3) is 21.8 Å². The second-order valence-electron chi connectivity index (χ2n) is 19.0. The number of hydrogen-bond donors (Lipinski definition) is 14. The topological polar surface area (TPSA) is 389 Å². The van der Waals surface area contributed by atoms with Crippen LogP contribution in [0.15, 0.2) is 96.2 Å². The van der Waals surface area contributed by atoms with Gasteiger partial charge >= 0.3 is 5.97 Å². The molecule has 0 saturated heterocycles. The number of nitrogens with zero attached hydrogens (tertiary/aromatic N) is 1. The highest BCUT2D eigenvalue weighted by molar-refractivity contribution is 5.98. The zero-order valence-electron chi connectivity index (χ0n) is 43.0. The van der Waals surface area contributed by atoms with E-state index in [-0.39, 0.29) is 57.6 Å². The van der Waals surface area contributed by atoms with Crippen LogP contribution >= 0.6 is 0 Å². The summed E-state index contributed by atoms with van der Waals surface area (Å²) in [6.07, 6.45) is 4.59. The quantitative estimate of drug-likeness (QED) is 0.0164. The molecule has 0 fully saturated rings. The average Bonchev–Trinajstić information content (AvgIpc) is 4.00. The van der Waals surface area contributed by atoms with E-state index < -0.39 is 102 Å². The summed E-state index contributed by atoms with van der Waals surface area (Å²) in [4.78, 5) is 120. The van der Waals surface area contributed by atoms with Crippen LogP contribution < -0.4 is 60.2 Å². The molecule has 5 rings (SSSR count). The molecule has 0 saturated carbocycles. The van der Waals surface area contributed by atoms with Gasteiger partial charge in [0.1, 0.15) is 42.8 Å². The van der Waals surface area contributed by atoms with Crippen molar-refractivity contribution in [1.29, 1.82) is 0 Å². The molecule has 76 heavy (non-hydrogen) atoms. The first kappa shape index (κ1) is 58.6. The predicted octanol–water partition coefficient (Wildman–Crippen LogP) is -0.0275. The minimum absolute atomic E-state index is 0.0156. The van der Waals surface area contributed by atoms with Crippen molar-refractivity contribution in [3.05, 3.63) is 108 Å². The van der Waals surface area contributed by atoms with Crippen LogP contribution in [-0.2, 0) is 57.6 Å². The van der Waals surface area contributed by atoms with Gasteiger partial charge in [-0.05, 0) is 80.3 Å². The Bertz CT molecular complexity index is 2810. The molecule has 2 heterocycles. The molecule has 18 N–H and O–H groups in total. The van der Waals surface area contributed by atoms with Crippen molar-refractivity contribution in [2.75, 3.05) is 19.6 Å². The smallest absolute Gasteiger partial charge is 0.322 e. The number of nitrogens with one attached hydrogen (secondary N) is 9. The first-order valence-electron chi connectivity index (χ1n) is 25.3. The predicted molar refractivity (Wildman–Crippen MR) is 288 cm³/mol. The highest BCUT2D eigenvalue weighted by Gasteiger charge is 2.35. The number of amides is 7. The molecule has 23 nitrogen and oxygen atoms in total. The van der Waals surface area contributed by atoms with Crippen LogP contribution in [0.1, 0.15) is 69.6 Å². The Morgan fingerprint density at radius 2 is 1.01 bits per heavy atom. The standard InChI is InChI=1S/C53H72N14O9/c1-30(2)45(67-49(73)39(20-11-12-22-54)63-50(74)41(24-32-14-5-4-6-15-32)64-48(72)40(62-46(70)31(3)55)21-13-23-58-53(56)57)52(76)66-43(26-34-28-60-38-19-10-8-17-36(34)38)51(75)65-42(47(71)61-29-44(68)69)25-33-27-59-37-18-9-7-16-35(33)37/h4-10,14-19,27-28,30-31,39-43,45,59-60H,11-13,20-26,29,54-55H2,1-3H3,(H,61,71)(H,62,70)(H,63,74)(H,64,72)(H,65,75)(H,66,76)(H,67,73)(H,68,69)(H4,56,57,58)/t31-,39-,40-,41-,42-,43-,45-/m0/s1. The Morgan fingerprint density at radius 3 is 1.54 bits per heavy atom. The molecule has 0 aliphatic heterocycles. The molecule has 3 aromatic carbocycles. The zero-order valence-corrected chi connectivity index (χ0v) is 43.0. The summed E-state index contributed by atoms with van der Waals surface area (Å²) < 4.78 is 0. The number of nitrogens with two attached hydrogens (primary N) is 4. The number of carbonyl (C=O) groups excluding carboxylic acids is 7. The fourth-order valence-corrected chi connectivity index (χ4v) is 8.51. The molecule has 0 unspecified atom stereocenters. The number of fused-ring (bicyclic) bond motifs is 2. The van der Waals surface area contributed by atoms with Crippen molar-refractivity contribution in [2.45, 2.75) is 114 Å². The first-order valence-corrected chi connectivity index (χ1v) is 25.3. The second kappa shape index (κ2) is 29.0. The Labute approximate surface area is 440 Å². The number of aliphatic imine (C=N–C) groups is 1. The molecule has 0 spiro atoms. The number of rotatable bonds is 30. The van der Waals surface area contributed by atoms with Crippen molar-refractivity contribution in [1.82, 2.24) is 47.2 Å². The number of carboxylic acid groups (broad SMARTS) is 1. The number of benzene rings is 3. The number of aliphatic carboxylic acids is 1. The molecular formula is C53H72N14O9. The highest BCUT2D eigenvalue weighted by atomic mass is 16.4. The maximum Gasteiger partial charge on any atom is 0.322 e. The second-order valence-corrected chi connectivity index (χ2v) is 19.0. The van der Waals surface area contributed by atoms with Crippen molar-refractivity contribution >= 4 is 75.1 Å². The van der Waals surface area contributed by atoms with Gasteiger partial charge in [-0.3, -0.25) is 43.3 Å². The van der Waals surface area contributed by atoms with Crippen LogP contribution in [0.2, 0.25) is 0 Å². The van der Waals surface area contributed by atoms with Crippen LogP contribution in [0, 0.1) is 5.92 Å². The summed E-state index contributed by atoms with van der Waals surface area (Å²) in [7, 11) is 0. The third kappa shape index (κ3) is 17.7. The summed E-state index contributed by atoms with van der Waals surface area (Å²) in [6.45, 7) is 4.57. The number of carbonyl (C=O) groups is 8. The van der Waals surface area contributed by atoms with Crippen molar-refractivity contribution in [3.63, 3.8) is 0 Å². The summed E-state index contributed by atoms with van der Waals surface area (Å²) in [5.74, 6) is -7.11. The molecule has 2 aromatic heterocycles. The molecule has 7 amide bonds. The van der Waals surface area contributed by atoms with E-state index in [1.165, 1.54) is 6.92 Å². The van der Waals surface area contributed by atoms with Crippen molar-refractivity contribution in [2.24, 2.45) is 33.8 Å². The van der Waals surface area contributed by atoms with Gasteiger partial charge in [0.05, 0.1) is 6.04 Å². The molecule has 0 aliphatic rings. The number of H-pyrrole nitrogens is 2. The van der Waals surface area contributed by atoms with E-state index in [0.29, 0.717) is 29.5 Å². The van der Waals surface area contributed by atoms with Crippen LogP contribution in [0.3, 0.4) is 0 Å². The van der Waals surface area contributed by atoms with Crippen molar-refractivity contribution in [3.8, 4) is 0 Å². The SMILES string of the molecule is CC(C)[C@H](NC(=O)[C@H](CCCCN)NC(=O)[C@H](Cc1ccccc1)NC(=O)[C@H](CCCN=C(N)N)NC(=O)[C@H](C)N)C(=O)N[C@@H](Cc1c[nH]c2ccccc12)C(=O)N[C@@H](Cc1c[nH]c2ccccc12)C(=O)NCC(=O)O. The molecule has 7 atom stereocenters. The Morgan fingerprint density at radius 1 is 0.553 bits per heavy atom. The number of unbranched alkanes of at least 4 members (excludes halogenated alkanes) is 1. The lowest BCUT2D eigenvalue weighted by Gasteiger charge is -2.29. The lowest BCUT2D eigenvalue weighted by atomic mass is 9.99. The Balaban J connectivity index is 1.41. The summed E-state index contributed by atoms with van der Waals surface area (Å²) in [5, 5.41) is 29.9. The van der Waals surface area contributed by atoms with E-state index in [9.17, 15) is 43.5 Å². The fraction of sp³-hybridized carbons (Fsp3) is 0.415. The largest absolute Gasteiger partial charge is 0.480 e. The highest BCUT2D eigenvalue weighted by Crippen LogP contribution is 2.22.